The maximum Gasteiger partial charge on any atom is 0.292 e. The summed E-state index contributed by atoms with van der Waals surface area (Å²) in [7, 11) is 0. The summed E-state index contributed by atoms with van der Waals surface area (Å²) in [4.78, 5) is 22.4. The average Bonchev–Trinajstić information content (AvgIpc) is 2.73. The normalized spacial score (nSPS) is 11.1. The van der Waals surface area contributed by atoms with Crippen molar-refractivity contribution in [2.24, 2.45) is 0 Å². The molecule has 3 aromatic carbocycles. The molecule has 0 aliphatic rings. The molecule has 7 nitrogen and oxygen atoms in total. The fraction of sp³-hybridized carbons (Fsp3) is 0.0476. The summed E-state index contributed by atoms with van der Waals surface area (Å²) in [5.74, 6) is -2.91. The van der Waals surface area contributed by atoms with Gasteiger partial charge in [0.25, 0.3) is 11.2 Å². The van der Waals surface area contributed by atoms with E-state index in [0.29, 0.717) is 5.56 Å². The Balaban J connectivity index is 1.80. The molecule has 1 heterocycles. The minimum atomic E-state index is -1.16. The number of halogens is 3. The number of H-pyrrole nitrogens is 1. The highest BCUT2D eigenvalue weighted by Crippen LogP contribution is 2.31. The molecular formula is C21H13F3N4O3. The molecule has 0 bridgehead atoms. The number of hydrogen-bond acceptors (Lipinski definition) is 5. The van der Waals surface area contributed by atoms with Crippen LogP contribution in [0.3, 0.4) is 0 Å². The van der Waals surface area contributed by atoms with E-state index in [0.717, 1.165) is 12.1 Å². The Hall–Kier alpha value is -4.21. The summed E-state index contributed by atoms with van der Waals surface area (Å²) in [6.45, 7) is 0. The number of hydrogen-bond donors (Lipinski definition) is 2. The van der Waals surface area contributed by atoms with E-state index >= 15 is 0 Å². The van der Waals surface area contributed by atoms with E-state index in [9.17, 15) is 28.1 Å². The lowest BCUT2D eigenvalue weighted by Gasteiger charge is -2.09. The molecule has 10 heteroatoms. The molecule has 0 saturated heterocycles. The number of nitrogens with zero attached hydrogens (tertiary/aromatic N) is 2. The number of anilines is 1. The van der Waals surface area contributed by atoms with Crippen molar-refractivity contribution in [3.63, 3.8) is 0 Å². The highest BCUT2D eigenvalue weighted by molar-refractivity contribution is 5.84. The Morgan fingerprint density at radius 2 is 1.68 bits per heavy atom. The number of rotatable bonds is 4. The standard InChI is InChI=1S/C21H13F3N4O3/c22-15-3-1-10(5-12(15)11-2-4-18(25)20(7-11)28(30)31)6-19-13-8-16(23)17(24)9-14(13)21(29)27-26-19/h1-5,7-9H,6,25H2,(H,27,29). The van der Waals surface area contributed by atoms with Crippen LogP contribution in [0.4, 0.5) is 24.5 Å². The predicted molar refractivity (Wildman–Crippen MR) is 108 cm³/mol. The predicted octanol–water partition coefficient (Wildman–Crippen LogP) is 4.09. The molecule has 0 spiro atoms. The van der Waals surface area contributed by atoms with Crippen molar-refractivity contribution in [1.82, 2.24) is 10.2 Å². The lowest BCUT2D eigenvalue weighted by molar-refractivity contribution is -0.383. The van der Waals surface area contributed by atoms with Gasteiger partial charge in [-0.1, -0.05) is 12.1 Å². The summed E-state index contributed by atoms with van der Waals surface area (Å²) in [5.41, 5.74) is 5.62. The lowest BCUT2D eigenvalue weighted by atomic mass is 9.98. The van der Waals surface area contributed by atoms with Gasteiger partial charge in [-0.3, -0.25) is 14.9 Å². The second-order valence-corrected chi connectivity index (χ2v) is 6.83. The van der Waals surface area contributed by atoms with Crippen LogP contribution in [0.1, 0.15) is 11.3 Å². The fourth-order valence-corrected chi connectivity index (χ4v) is 3.31. The molecule has 0 aliphatic heterocycles. The second-order valence-electron chi connectivity index (χ2n) is 6.83. The van der Waals surface area contributed by atoms with Gasteiger partial charge in [0.05, 0.1) is 16.0 Å². The molecule has 3 N–H and O–H groups in total. The van der Waals surface area contributed by atoms with Crippen LogP contribution in [-0.2, 0) is 6.42 Å². The number of aromatic amines is 1. The maximum atomic E-state index is 14.5. The van der Waals surface area contributed by atoms with E-state index < -0.39 is 27.9 Å². The van der Waals surface area contributed by atoms with Crippen LogP contribution >= 0.6 is 0 Å². The molecule has 4 aromatic rings. The number of aromatic nitrogens is 2. The first-order valence-corrected chi connectivity index (χ1v) is 8.93. The van der Waals surface area contributed by atoms with Crippen LogP contribution in [-0.4, -0.2) is 15.1 Å². The van der Waals surface area contributed by atoms with Crippen LogP contribution < -0.4 is 11.3 Å². The third kappa shape index (κ3) is 3.70. The van der Waals surface area contributed by atoms with Gasteiger partial charge >= 0.3 is 0 Å². The van der Waals surface area contributed by atoms with Crippen LogP contribution in [0.5, 0.6) is 0 Å². The van der Waals surface area contributed by atoms with Gasteiger partial charge in [0.15, 0.2) is 11.6 Å². The van der Waals surface area contributed by atoms with Crippen LogP contribution in [0.2, 0.25) is 0 Å². The fourth-order valence-electron chi connectivity index (χ4n) is 3.31. The largest absolute Gasteiger partial charge is 0.393 e. The zero-order chi connectivity index (χ0) is 22.3. The van der Waals surface area contributed by atoms with Crippen molar-refractivity contribution in [1.29, 1.82) is 0 Å². The van der Waals surface area contributed by atoms with Crippen molar-refractivity contribution < 1.29 is 18.1 Å². The molecule has 0 saturated carbocycles. The molecule has 0 atom stereocenters. The van der Waals surface area contributed by atoms with Gasteiger partial charge < -0.3 is 5.73 Å². The molecule has 4 rings (SSSR count). The second kappa shape index (κ2) is 7.56. The number of fused-ring (bicyclic) bond motifs is 1. The van der Waals surface area contributed by atoms with E-state index in [2.05, 4.69) is 10.2 Å². The molecule has 0 aliphatic carbocycles. The Morgan fingerprint density at radius 1 is 0.968 bits per heavy atom. The van der Waals surface area contributed by atoms with Gasteiger partial charge in [-0.25, -0.2) is 18.3 Å². The highest BCUT2D eigenvalue weighted by atomic mass is 19.2. The van der Waals surface area contributed by atoms with Crippen molar-refractivity contribution in [3.8, 4) is 11.1 Å². The topological polar surface area (TPSA) is 115 Å². The highest BCUT2D eigenvalue weighted by Gasteiger charge is 2.16. The van der Waals surface area contributed by atoms with Crippen molar-refractivity contribution in [2.75, 3.05) is 5.73 Å². The number of nitrogens with one attached hydrogen (secondary N) is 1. The van der Waals surface area contributed by atoms with Crippen LogP contribution in [0, 0.1) is 27.6 Å². The summed E-state index contributed by atoms with van der Waals surface area (Å²) in [5, 5.41) is 17.3. The number of nitro groups is 1. The zero-order valence-corrected chi connectivity index (χ0v) is 15.7. The molecule has 31 heavy (non-hydrogen) atoms. The molecule has 0 radical (unpaired) electrons. The first-order valence-electron chi connectivity index (χ1n) is 8.93. The van der Waals surface area contributed by atoms with Gasteiger partial charge in [-0.2, -0.15) is 5.10 Å². The summed E-state index contributed by atoms with van der Waals surface area (Å²) >= 11 is 0. The molecule has 156 valence electrons. The van der Waals surface area contributed by atoms with E-state index in [-0.39, 0.29) is 45.4 Å². The van der Waals surface area contributed by atoms with E-state index in [1.807, 2.05) is 0 Å². The Morgan fingerprint density at radius 3 is 2.39 bits per heavy atom. The minimum Gasteiger partial charge on any atom is -0.393 e. The average molecular weight is 426 g/mol. The summed E-state index contributed by atoms with van der Waals surface area (Å²) in [6, 6.07) is 9.72. The van der Waals surface area contributed by atoms with Crippen LogP contribution in [0.25, 0.3) is 21.9 Å². The van der Waals surface area contributed by atoms with Gasteiger partial charge in [-0.05, 0) is 41.5 Å². The first-order chi connectivity index (χ1) is 14.7. The van der Waals surface area contributed by atoms with Crippen molar-refractivity contribution in [2.45, 2.75) is 6.42 Å². The lowest BCUT2D eigenvalue weighted by Crippen LogP contribution is -2.12. The number of nitrogen functional groups attached to an aromatic ring is 1. The van der Waals surface area contributed by atoms with E-state index in [4.69, 9.17) is 5.73 Å². The van der Waals surface area contributed by atoms with Crippen molar-refractivity contribution in [3.05, 3.63) is 97.7 Å². The van der Waals surface area contributed by atoms with Crippen molar-refractivity contribution >= 4 is 22.1 Å². The molecule has 0 unspecified atom stereocenters. The number of benzene rings is 3. The van der Waals surface area contributed by atoms with E-state index in [1.165, 1.54) is 36.4 Å². The third-order valence-corrected chi connectivity index (χ3v) is 4.85. The maximum absolute atomic E-state index is 14.5. The molecule has 1 aromatic heterocycles. The van der Waals surface area contributed by atoms with Gasteiger partial charge in [0, 0.05) is 23.4 Å². The van der Waals surface area contributed by atoms with Gasteiger partial charge in [0.2, 0.25) is 0 Å². The summed E-state index contributed by atoms with van der Waals surface area (Å²) < 4.78 is 41.8. The monoisotopic (exact) mass is 426 g/mol. The molecular weight excluding hydrogens is 413 g/mol. The minimum absolute atomic E-state index is 0.0523. The zero-order valence-electron chi connectivity index (χ0n) is 15.7. The van der Waals surface area contributed by atoms with Crippen LogP contribution in [0.15, 0.2) is 53.3 Å². The Bertz CT molecular complexity index is 1420. The Labute approximate surface area is 172 Å². The molecule has 0 fully saturated rings. The smallest absolute Gasteiger partial charge is 0.292 e. The van der Waals surface area contributed by atoms with Gasteiger partial charge in [-0.15, -0.1) is 0 Å². The molecule has 0 amide bonds. The van der Waals surface area contributed by atoms with E-state index in [1.54, 1.807) is 0 Å². The number of nitro benzene ring substituents is 1. The first kappa shape index (κ1) is 20.1. The summed E-state index contributed by atoms with van der Waals surface area (Å²) in [6.07, 6.45) is 0.0582. The quantitative estimate of drug-likeness (QED) is 0.290. The van der Waals surface area contributed by atoms with Gasteiger partial charge in [0.1, 0.15) is 11.5 Å². The Kier molecular flexibility index (Phi) is 4.90. The number of nitrogens with two attached hydrogens (primary N) is 1. The SMILES string of the molecule is Nc1ccc(-c2cc(Cc3n[nH]c(=O)c4cc(F)c(F)cc34)ccc2F)cc1[N+](=O)[O-]. The third-order valence-electron chi connectivity index (χ3n) is 4.85.